The molecular weight excluding hydrogens is 492 g/mol. The van der Waals surface area contributed by atoms with Crippen LogP contribution in [0.2, 0.25) is 0 Å². The number of hydrogen-bond donors (Lipinski definition) is 2. The Kier molecular flexibility index (Phi) is 7.72. The molecule has 204 valence electrons. The first-order chi connectivity index (χ1) is 18.5. The third kappa shape index (κ3) is 5.21. The van der Waals surface area contributed by atoms with Crippen molar-refractivity contribution in [3.63, 3.8) is 0 Å². The van der Waals surface area contributed by atoms with E-state index in [4.69, 9.17) is 4.74 Å². The summed E-state index contributed by atoms with van der Waals surface area (Å²) in [5, 5.41) is 21.5. The number of phenolic OH excluding ortho intramolecular Hbond substituents is 1. The Balaban J connectivity index is 1.90. The van der Waals surface area contributed by atoms with Crippen LogP contribution >= 0.6 is 0 Å². The minimum atomic E-state index is -0.884. The molecule has 0 aromatic heterocycles. The fourth-order valence-corrected chi connectivity index (χ4v) is 5.08. The average molecular weight is 529 g/mol. The van der Waals surface area contributed by atoms with E-state index in [9.17, 15) is 19.8 Å². The van der Waals surface area contributed by atoms with Crippen LogP contribution in [-0.2, 0) is 15.0 Å². The van der Waals surface area contributed by atoms with Crippen LogP contribution in [-0.4, -0.2) is 42.1 Å². The molecule has 3 aromatic rings. The highest BCUT2D eigenvalue weighted by Crippen LogP contribution is 2.43. The summed E-state index contributed by atoms with van der Waals surface area (Å²) in [6, 6.07) is 18.2. The first kappa shape index (κ1) is 27.8. The van der Waals surface area contributed by atoms with Crippen LogP contribution in [0.15, 0.2) is 72.3 Å². The fraction of sp³-hybridized carbons (Fsp3) is 0.312. The first-order valence-electron chi connectivity index (χ1n) is 13.2. The number of amides is 1. The number of anilines is 2. The number of rotatable bonds is 7. The third-order valence-electron chi connectivity index (χ3n) is 7.19. The smallest absolute Gasteiger partial charge is 0.300 e. The molecule has 1 amide bonds. The van der Waals surface area contributed by atoms with E-state index in [1.807, 2.05) is 45.0 Å². The van der Waals surface area contributed by atoms with Gasteiger partial charge in [0.05, 0.1) is 18.7 Å². The van der Waals surface area contributed by atoms with E-state index in [1.54, 1.807) is 37.4 Å². The monoisotopic (exact) mass is 528 g/mol. The van der Waals surface area contributed by atoms with Crippen LogP contribution in [0.5, 0.6) is 11.5 Å². The van der Waals surface area contributed by atoms with E-state index < -0.39 is 17.7 Å². The zero-order chi connectivity index (χ0) is 28.5. The van der Waals surface area contributed by atoms with Crippen LogP contribution in [0.25, 0.3) is 5.76 Å². The summed E-state index contributed by atoms with van der Waals surface area (Å²) in [5.74, 6) is -1.03. The molecule has 0 bridgehead atoms. The van der Waals surface area contributed by atoms with Gasteiger partial charge >= 0.3 is 0 Å². The van der Waals surface area contributed by atoms with Crippen molar-refractivity contribution >= 4 is 28.8 Å². The van der Waals surface area contributed by atoms with Crippen LogP contribution in [0, 0.1) is 0 Å². The van der Waals surface area contributed by atoms with Gasteiger partial charge in [-0.1, -0.05) is 32.9 Å². The van der Waals surface area contributed by atoms with Gasteiger partial charge in [-0.2, -0.15) is 0 Å². The van der Waals surface area contributed by atoms with Crippen molar-refractivity contribution in [2.45, 2.75) is 46.1 Å². The van der Waals surface area contributed by atoms with Gasteiger partial charge in [-0.3, -0.25) is 14.5 Å². The number of ether oxygens (including phenoxy) is 1. The summed E-state index contributed by atoms with van der Waals surface area (Å²) >= 11 is 0. The summed E-state index contributed by atoms with van der Waals surface area (Å²) in [5.41, 5.74) is 3.10. The van der Waals surface area contributed by atoms with Crippen molar-refractivity contribution < 1.29 is 24.5 Å². The number of carbonyl (C=O) groups is 2. The number of nitrogens with zero attached hydrogens (tertiary/aromatic N) is 2. The normalized spacial score (nSPS) is 17.0. The molecule has 1 atom stereocenters. The number of phenols is 1. The molecule has 0 spiro atoms. The molecule has 1 unspecified atom stereocenters. The molecule has 1 aliphatic rings. The lowest BCUT2D eigenvalue weighted by Crippen LogP contribution is -2.29. The maximum absolute atomic E-state index is 13.5. The maximum Gasteiger partial charge on any atom is 0.300 e. The van der Waals surface area contributed by atoms with Gasteiger partial charge in [0.25, 0.3) is 11.7 Å². The van der Waals surface area contributed by atoms with Gasteiger partial charge in [0.15, 0.2) is 0 Å². The van der Waals surface area contributed by atoms with Crippen LogP contribution in [0.4, 0.5) is 11.4 Å². The maximum atomic E-state index is 13.5. The summed E-state index contributed by atoms with van der Waals surface area (Å²) < 4.78 is 5.54. The number of Topliss-reactive ketones (excluding diaryl/α,β-unsaturated/α-hetero) is 1. The van der Waals surface area contributed by atoms with Crippen molar-refractivity contribution in [1.29, 1.82) is 0 Å². The second kappa shape index (κ2) is 10.8. The minimum Gasteiger partial charge on any atom is -0.508 e. The molecule has 0 saturated carbocycles. The van der Waals surface area contributed by atoms with Crippen molar-refractivity contribution in [3.8, 4) is 11.5 Å². The van der Waals surface area contributed by atoms with Crippen molar-refractivity contribution in [2.75, 3.05) is 30.0 Å². The minimum absolute atomic E-state index is 0.0106. The van der Waals surface area contributed by atoms with Gasteiger partial charge in [-0.15, -0.1) is 0 Å². The van der Waals surface area contributed by atoms with E-state index in [2.05, 4.69) is 18.7 Å². The summed E-state index contributed by atoms with van der Waals surface area (Å²) in [6.45, 7) is 11.9. The van der Waals surface area contributed by atoms with Crippen molar-refractivity contribution in [1.82, 2.24) is 0 Å². The number of aromatic hydroxyl groups is 1. The van der Waals surface area contributed by atoms with E-state index >= 15 is 0 Å². The predicted molar refractivity (Wildman–Crippen MR) is 155 cm³/mol. The topological polar surface area (TPSA) is 90.3 Å². The molecule has 1 fully saturated rings. The Hall–Kier alpha value is -4.26. The SMILES string of the molecule is CCN(CC)c1ccc(N2C(=O)C(=O)/C(=C(\O)c3ccc(OC)c(C(C)(C)C)c3)C2c2ccc(O)cc2)cc1. The largest absolute Gasteiger partial charge is 0.508 e. The highest BCUT2D eigenvalue weighted by Gasteiger charge is 2.47. The van der Waals surface area contributed by atoms with Gasteiger partial charge < -0.3 is 19.8 Å². The molecule has 0 radical (unpaired) electrons. The molecule has 1 saturated heterocycles. The molecule has 7 nitrogen and oxygen atoms in total. The number of benzene rings is 3. The molecule has 1 aliphatic heterocycles. The van der Waals surface area contributed by atoms with Gasteiger partial charge in [-0.25, -0.2) is 0 Å². The molecule has 1 heterocycles. The van der Waals surface area contributed by atoms with E-state index in [0.29, 0.717) is 22.6 Å². The van der Waals surface area contributed by atoms with E-state index in [1.165, 1.54) is 17.0 Å². The second-order valence-electron chi connectivity index (χ2n) is 10.6. The quantitative estimate of drug-likeness (QED) is 0.217. The van der Waals surface area contributed by atoms with Crippen LogP contribution < -0.4 is 14.5 Å². The lowest BCUT2D eigenvalue weighted by molar-refractivity contribution is -0.132. The van der Waals surface area contributed by atoms with Gasteiger partial charge in [-0.05, 0) is 79.4 Å². The lowest BCUT2D eigenvalue weighted by Gasteiger charge is -2.27. The Morgan fingerprint density at radius 2 is 1.56 bits per heavy atom. The van der Waals surface area contributed by atoms with E-state index in [-0.39, 0.29) is 22.5 Å². The number of ketones is 1. The molecule has 39 heavy (non-hydrogen) atoms. The highest BCUT2D eigenvalue weighted by molar-refractivity contribution is 6.51. The molecule has 0 aliphatic carbocycles. The third-order valence-corrected chi connectivity index (χ3v) is 7.19. The first-order valence-corrected chi connectivity index (χ1v) is 13.2. The number of methoxy groups -OCH3 is 1. The Morgan fingerprint density at radius 1 is 0.949 bits per heavy atom. The molecular formula is C32H36N2O5. The molecule has 2 N–H and O–H groups in total. The predicted octanol–water partition coefficient (Wildman–Crippen LogP) is 6.17. The Labute approximate surface area is 230 Å². The van der Waals surface area contributed by atoms with Crippen molar-refractivity contribution in [2.24, 2.45) is 0 Å². The number of aliphatic hydroxyl groups excluding tert-OH is 1. The average Bonchev–Trinajstić information content (AvgIpc) is 3.19. The van der Waals surface area contributed by atoms with Gasteiger partial charge in [0.1, 0.15) is 17.3 Å². The summed E-state index contributed by atoms with van der Waals surface area (Å²) in [7, 11) is 1.59. The highest BCUT2D eigenvalue weighted by atomic mass is 16.5. The van der Waals surface area contributed by atoms with Gasteiger partial charge in [0, 0.05) is 35.6 Å². The van der Waals surface area contributed by atoms with E-state index in [0.717, 1.165) is 24.3 Å². The second-order valence-corrected chi connectivity index (χ2v) is 10.6. The number of aliphatic hydroxyl groups is 1. The Morgan fingerprint density at radius 3 is 2.10 bits per heavy atom. The van der Waals surface area contributed by atoms with Crippen LogP contribution in [0.3, 0.4) is 0 Å². The fourth-order valence-electron chi connectivity index (χ4n) is 5.08. The summed E-state index contributed by atoms with van der Waals surface area (Å²) in [4.78, 5) is 30.7. The standard InChI is InChI=1S/C32H36N2O5/c1-7-33(8-2)22-12-14-23(15-13-22)34-28(20-9-16-24(35)17-10-20)27(30(37)31(34)38)29(36)21-11-18-26(39-6)25(19-21)32(3,4)5/h9-19,28,35-36H,7-8H2,1-6H3/b29-27-. The summed E-state index contributed by atoms with van der Waals surface area (Å²) in [6.07, 6.45) is 0. The zero-order valence-electron chi connectivity index (χ0n) is 23.4. The Bertz CT molecular complexity index is 1400. The van der Waals surface area contributed by atoms with Gasteiger partial charge in [0.2, 0.25) is 0 Å². The molecule has 7 heteroatoms. The zero-order valence-corrected chi connectivity index (χ0v) is 23.4. The van der Waals surface area contributed by atoms with Crippen molar-refractivity contribution in [3.05, 3.63) is 89.0 Å². The lowest BCUT2D eigenvalue weighted by atomic mass is 9.84. The number of carbonyl (C=O) groups excluding carboxylic acids is 2. The molecule has 3 aromatic carbocycles. The molecule has 4 rings (SSSR count). The van der Waals surface area contributed by atoms with Crippen LogP contribution in [0.1, 0.15) is 57.4 Å². The number of hydrogen-bond acceptors (Lipinski definition) is 6.